The Morgan fingerprint density at radius 3 is 2.56 bits per heavy atom. The predicted molar refractivity (Wildman–Crippen MR) is 143 cm³/mol. The number of likely N-dealkylation sites (tertiary alicyclic amines) is 1. The smallest absolute Gasteiger partial charge is 0.276 e. The zero-order valence-electron chi connectivity index (χ0n) is 22.7. The molecule has 4 heterocycles. The Labute approximate surface area is 236 Å². The van der Waals surface area contributed by atoms with Crippen LogP contribution in [0.3, 0.4) is 0 Å². The van der Waals surface area contributed by atoms with Gasteiger partial charge in [0.2, 0.25) is 11.8 Å². The molecular weight excluding hydrogens is 534 g/mol. The van der Waals surface area contributed by atoms with Crippen molar-refractivity contribution in [2.45, 2.75) is 44.7 Å². The average molecular weight is 568 g/mol. The molecule has 41 heavy (non-hydrogen) atoms. The average Bonchev–Trinajstić information content (AvgIpc) is 3.55. The van der Waals surface area contributed by atoms with Crippen LogP contribution in [-0.2, 0) is 25.6 Å². The number of imide groups is 2. The molecule has 2 aromatic rings. The molecule has 2 N–H and O–H groups in total. The summed E-state index contributed by atoms with van der Waals surface area (Å²) in [6.07, 6.45) is 5.01. The van der Waals surface area contributed by atoms with E-state index in [1.54, 1.807) is 29.1 Å². The fraction of sp³-hybridized carbons (Fsp3) is 0.519. The number of hydrogen-bond acceptors (Lipinski definition) is 10. The van der Waals surface area contributed by atoms with Crippen LogP contribution in [0.25, 0.3) is 0 Å². The van der Waals surface area contributed by atoms with E-state index in [0.717, 1.165) is 37.3 Å². The summed E-state index contributed by atoms with van der Waals surface area (Å²) >= 11 is 0. The number of anilines is 1. The lowest BCUT2D eigenvalue weighted by Gasteiger charge is -2.27. The molecule has 1 unspecified atom stereocenters. The van der Waals surface area contributed by atoms with Crippen LogP contribution < -0.4 is 10.6 Å². The third kappa shape index (κ3) is 6.43. The van der Waals surface area contributed by atoms with Crippen molar-refractivity contribution in [3.8, 4) is 0 Å². The summed E-state index contributed by atoms with van der Waals surface area (Å²) in [6.45, 7) is 3.80. The van der Waals surface area contributed by atoms with Crippen LogP contribution in [-0.4, -0.2) is 106 Å². The molecule has 3 aliphatic rings. The largest absolute Gasteiger partial charge is 0.382 e. The second-order valence-electron chi connectivity index (χ2n) is 10.0. The van der Waals surface area contributed by atoms with Gasteiger partial charge in [-0.25, -0.2) is 4.68 Å². The number of amides is 5. The Morgan fingerprint density at radius 1 is 1.00 bits per heavy atom. The molecule has 0 spiro atoms. The van der Waals surface area contributed by atoms with E-state index in [9.17, 15) is 24.0 Å². The van der Waals surface area contributed by atoms with Crippen LogP contribution >= 0.6 is 0 Å². The molecule has 14 heteroatoms. The van der Waals surface area contributed by atoms with Gasteiger partial charge < -0.3 is 19.7 Å². The monoisotopic (exact) mass is 567 g/mol. The van der Waals surface area contributed by atoms with Gasteiger partial charge in [0, 0.05) is 31.7 Å². The molecule has 2 saturated heterocycles. The Balaban J connectivity index is 0.998. The normalized spacial score (nSPS) is 19.0. The second kappa shape index (κ2) is 13.0. The van der Waals surface area contributed by atoms with Gasteiger partial charge >= 0.3 is 0 Å². The van der Waals surface area contributed by atoms with Gasteiger partial charge in [0.25, 0.3) is 17.7 Å². The summed E-state index contributed by atoms with van der Waals surface area (Å²) < 4.78 is 12.8. The highest BCUT2D eigenvalue weighted by atomic mass is 16.5. The molecular formula is C27H33N7O7. The van der Waals surface area contributed by atoms with Crippen LogP contribution in [0.4, 0.5) is 5.69 Å². The zero-order chi connectivity index (χ0) is 28.8. The van der Waals surface area contributed by atoms with E-state index in [2.05, 4.69) is 20.9 Å². The SMILES string of the molecule is O=C1CCC(N2C(=O)c3cccc(NCCOCCOCCn4cc(C(=O)N5CCCCC5)nn4)c3C2=O)C(=O)N1. The fourth-order valence-electron chi connectivity index (χ4n) is 5.16. The molecule has 1 atom stereocenters. The van der Waals surface area contributed by atoms with Gasteiger partial charge in [0.05, 0.1) is 50.3 Å². The second-order valence-corrected chi connectivity index (χ2v) is 10.0. The van der Waals surface area contributed by atoms with Gasteiger partial charge in [-0.05, 0) is 37.8 Å². The number of ether oxygens (including phenoxy) is 2. The number of aromatic nitrogens is 3. The van der Waals surface area contributed by atoms with Crippen molar-refractivity contribution >= 4 is 35.2 Å². The van der Waals surface area contributed by atoms with E-state index in [1.807, 2.05) is 4.90 Å². The van der Waals surface area contributed by atoms with E-state index in [0.29, 0.717) is 50.9 Å². The molecule has 1 aromatic carbocycles. The van der Waals surface area contributed by atoms with Gasteiger partial charge in [0.1, 0.15) is 6.04 Å². The predicted octanol–water partition coefficient (Wildman–Crippen LogP) is 0.451. The molecule has 0 radical (unpaired) electrons. The number of piperidine rings is 2. The maximum atomic E-state index is 13.1. The van der Waals surface area contributed by atoms with Gasteiger partial charge in [0.15, 0.2) is 5.69 Å². The highest BCUT2D eigenvalue weighted by molar-refractivity contribution is 6.25. The van der Waals surface area contributed by atoms with Gasteiger partial charge in [-0.15, -0.1) is 5.10 Å². The summed E-state index contributed by atoms with van der Waals surface area (Å²) in [7, 11) is 0. The highest BCUT2D eigenvalue weighted by Gasteiger charge is 2.45. The first kappa shape index (κ1) is 28.4. The molecule has 5 amide bonds. The van der Waals surface area contributed by atoms with Crippen molar-refractivity contribution < 1.29 is 33.4 Å². The van der Waals surface area contributed by atoms with Crippen molar-refractivity contribution in [1.29, 1.82) is 0 Å². The van der Waals surface area contributed by atoms with Gasteiger partial charge in [-0.3, -0.25) is 34.2 Å². The van der Waals surface area contributed by atoms with E-state index >= 15 is 0 Å². The molecule has 0 bridgehead atoms. The Kier molecular flexibility index (Phi) is 8.99. The highest BCUT2D eigenvalue weighted by Crippen LogP contribution is 2.32. The lowest BCUT2D eigenvalue weighted by atomic mass is 10.0. The number of benzene rings is 1. The number of nitrogens with zero attached hydrogens (tertiary/aromatic N) is 5. The number of carbonyl (C=O) groups excluding carboxylic acids is 5. The summed E-state index contributed by atoms with van der Waals surface area (Å²) in [5, 5.41) is 13.3. The summed E-state index contributed by atoms with van der Waals surface area (Å²) in [4.78, 5) is 65.0. The molecule has 0 aliphatic carbocycles. The van der Waals surface area contributed by atoms with Crippen LogP contribution in [0, 0.1) is 0 Å². The lowest BCUT2D eigenvalue weighted by Crippen LogP contribution is -2.54. The van der Waals surface area contributed by atoms with E-state index in [4.69, 9.17) is 9.47 Å². The number of carbonyl (C=O) groups is 5. The van der Waals surface area contributed by atoms with E-state index in [1.165, 1.54) is 0 Å². The summed E-state index contributed by atoms with van der Waals surface area (Å²) in [5.41, 5.74) is 1.25. The molecule has 5 rings (SSSR count). The fourth-order valence-corrected chi connectivity index (χ4v) is 5.16. The molecule has 1 aromatic heterocycles. The van der Waals surface area contributed by atoms with E-state index < -0.39 is 29.7 Å². The third-order valence-electron chi connectivity index (χ3n) is 7.27. The van der Waals surface area contributed by atoms with Crippen molar-refractivity contribution in [2.75, 3.05) is 51.4 Å². The van der Waals surface area contributed by atoms with Gasteiger partial charge in [-0.2, -0.15) is 0 Å². The zero-order valence-corrected chi connectivity index (χ0v) is 22.7. The minimum Gasteiger partial charge on any atom is -0.382 e. The minimum atomic E-state index is -1.01. The third-order valence-corrected chi connectivity index (χ3v) is 7.27. The number of fused-ring (bicyclic) bond motifs is 1. The standard InChI is InChI=1S/C27H33N7O7/c35-22-8-7-21(24(36)29-22)34-25(37)18-5-4-6-19(23(18)27(34)39)28-9-13-40-15-16-41-14-12-33-17-20(30-31-33)26(38)32-10-2-1-3-11-32/h4-6,17,21,28H,1-3,7-16H2,(H,29,35,36). The van der Waals surface area contributed by atoms with E-state index in [-0.39, 0.29) is 29.9 Å². The molecule has 0 saturated carbocycles. The summed E-state index contributed by atoms with van der Waals surface area (Å²) in [6, 6.07) is 3.89. The first-order valence-corrected chi connectivity index (χ1v) is 13.9. The maximum Gasteiger partial charge on any atom is 0.276 e. The Hall–Kier alpha value is -4.17. The number of hydrogen-bond donors (Lipinski definition) is 2. The Bertz CT molecular complexity index is 1320. The molecule has 218 valence electrons. The van der Waals surface area contributed by atoms with Crippen LogP contribution in [0.1, 0.15) is 63.3 Å². The topological polar surface area (TPSA) is 165 Å². The number of nitrogens with one attached hydrogen (secondary N) is 2. The maximum absolute atomic E-state index is 13.1. The van der Waals surface area contributed by atoms with Crippen LogP contribution in [0.5, 0.6) is 0 Å². The van der Waals surface area contributed by atoms with Crippen molar-refractivity contribution in [3.63, 3.8) is 0 Å². The minimum absolute atomic E-state index is 0.0667. The van der Waals surface area contributed by atoms with Crippen LogP contribution in [0.15, 0.2) is 24.4 Å². The lowest BCUT2D eigenvalue weighted by molar-refractivity contribution is -0.136. The first-order valence-electron chi connectivity index (χ1n) is 13.9. The van der Waals surface area contributed by atoms with Crippen molar-refractivity contribution in [1.82, 2.24) is 30.1 Å². The van der Waals surface area contributed by atoms with Crippen LogP contribution in [0.2, 0.25) is 0 Å². The molecule has 3 aliphatic heterocycles. The first-order chi connectivity index (χ1) is 19.9. The number of rotatable bonds is 12. The summed E-state index contributed by atoms with van der Waals surface area (Å²) in [5.74, 6) is -2.25. The van der Waals surface area contributed by atoms with Crippen molar-refractivity contribution in [3.05, 3.63) is 41.2 Å². The van der Waals surface area contributed by atoms with Gasteiger partial charge in [-0.1, -0.05) is 11.3 Å². The quantitative estimate of drug-likeness (QED) is 0.272. The van der Waals surface area contributed by atoms with Crippen molar-refractivity contribution in [2.24, 2.45) is 0 Å². The molecule has 14 nitrogen and oxygen atoms in total. The molecule has 2 fully saturated rings. The Morgan fingerprint density at radius 2 is 1.78 bits per heavy atom.